The lowest BCUT2D eigenvalue weighted by Crippen LogP contribution is -2.49. The summed E-state index contributed by atoms with van der Waals surface area (Å²) < 4.78 is 13.2. The summed E-state index contributed by atoms with van der Waals surface area (Å²) in [5.74, 6) is -1.02. The zero-order valence-corrected chi connectivity index (χ0v) is 11.2. The minimum absolute atomic E-state index is 0.270. The molecule has 0 aromatic heterocycles. The second-order valence-electron chi connectivity index (χ2n) is 5.24. The smallest absolute Gasteiger partial charge is 0.324 e. The minimum Gasteiger partial charge on any atom is -0.480 e. The van der Waals surface area contributed by atoms with Gasteiger partial charge in [-0.2, -0.15) is 0 Å². The quantitative estimate of drug-likeness (QED) is 0.889. The number of carboxylic acids is 1. The van der Waals surface area contributed by atoms with Gasteiger partial charge in [0.1, 0.15) is 11.4 Å². The third-order valence-corrected chi connectivity index (χ3v) is 3.95. The Balaban J connectivity index is 2.20. The summed E-state index contributed by atoms with van der Waals surface area (Å²) in [6, 6.07) is 6.41. The molecule has 1 N–H and O–H groups in total. The van der Waals surface area contributed by atoms with E-state index >= 15 is 0 Å². The summed E-state index contributed by atoms with van der Waals surface area (Å²) in [5, 5.41) is 9.58. The lowest BCUT2D eigenvalue weighted by Gasteiger charge is -2.34. The molecule has 1 aliphatic heterocycles. The SMILES string of the molecule is CCCC1(C(=O)O)CCCN1Cc1cccc(F)c1. The van der Waals surface area contributed by atoms with Gasteiger partial charge in [-0.1, -0.05) is 25.5 Å². The van der Waals surface area contributed by atoms with Gasteiger partial charge in [-0.25, -0.2) is 4.39 Å². The Bertz CT molecular complexity index is 463. The second kappa shape index (κ2) is 5.70. The number of rotatable bonds is 5. The number of aliphatic carboxylic acids is 1. The number of halogens is 1. The number of carboxylic acid groups (broad SMARTS) is 1. The van der Waals surface area contributed by atoms with Crippen molar-refractivity contribution in [2.24, 2.45) is 0 Å². The molecule has 0 saturated carbocycles. The van der Waals surface area contributed by atoms with Crippen LogP contribution in [-0.2, 0) is 11.3 Å². The van der Waals surface area contributed by atoms with E-state index in [0.29, 0.717) is 19.4 Å². The number of nitrogens with zero attached hydrogens (tertiary/aromatic N) is 1. The molecule has 1 aromatic rings. The lowest BCUT2D eigenvalue weighted by atomic mass is 9.90. The average Bonchev–Trinajstić information content (AvgIpc) is 2.74. The number of hydrogen-bond donors (Lipinski definition) is 1. The van der Waals surface area contributed by atoms with E-state index in [9.17, 15) is 14.3 Å². The molecule has 1 saturated heterocycles. The van der Waals surface area contributed by atoms with Gasteiger partial charge in [-0.05, 0) is 43.5 Å². The van der Waals surface area contributed by atoms with E-state index in [1.54, 1.807) is 6.07 Å². The summed E-state index contributed by atoms with van der Waals surface area (Å²) in [7, 11) is 0. The summed E-state index contributed by atoms with van der Waals surface area (Å²) in [4.78, 5) is 13.7. The molecular weight excluding hydrogens is 245 g/mol. The van der Waals surface area contributed by atoms with Crippen molar-refractivity contribution in [2.75, 3.05) is 6.54 Å². The predicted molar refractivity (Wildman–Crippen MR) is 71.3 cm³/mol. The van der Waals surface area contributed by atoms with Gasteiger partial charge in [0.25, 0.3) is 0 Å². The van der Waals surface area contributed by atoms with Crippen LogP contribution in [0, 0.1) is 5.82 Å². The van der Waals surface area contributed by atoms with E-state index in [-0.39, 0.29) is 5.82 Å². The third kappa shape index (κ3) is 2.78. The van der Waals surface area contributed by atoms with Crippen molar-refractivity contribution in [1.82, 2.24) is 4.90 Å². The lowest BCUT2D eigenvalue weighted by molar-refractivity contribution is -0.150. The normalized spacial score (nSPS) is 23.7. The van der Waals surface area contributed by atoms with Gasteiger partial charge in [0, 0.05) is 6.54 Å². The molecular formula is C15H20FNO2. The van der Waals surface area contributed by atoms with E-state index in [1.165, 1.54) is 12.1 Å². The van der Waals surface area contributed by atoms with Crippen LogP contribution < -0.4 is 0 Å². The fourth-order valence-electron chi connectivity index (χ4n) is 3.07. The van der Waals surface area contributed by atoms with Gasteiger partial charge < -0.3 is 5.11 Å². The first-order chi connectivity index (χ1) is 9.08. The topological polar surface area (TPSA) is 40.5 Å². The fraction of sp³-hybridized carbons (Fsp3) is 0.533. The van der Waals surface area contributed by atoms with E-state index in [4.69, 9.17) is 0 Å². The van der Waals surface area contributed by atoms with Crippen molar-refractivity contribution < 1.29 is 14.3 Å². The number of hydrogen-bond acceptors (Lipinski definition) is 2. The Morgan fingerprint density at radius 1 is 1.53 bits per heavy atom. The molecule has 1 heterocycles. The Kier molecular flexibility index (Phi) is 4.20. The largest absolute Gasteiger partial charge is 0.480 e. The molecule has 19 heavy (non-hydrogen) atoms. The van der Waals surface area contributed by atoms with E-state index in [1.807, 2.05) is 17.9 Å². The van der Waals surface area contributed by atoms with Crippen LogP contribution in [0.2, 0.25) is 0 Å². The Morgan fingerprint density at radius 2 is 2.32 bits per heavy atom. The minimum atomic E-state index is -0.763. The number of benzene rings is 1. The molecule has 0 radical (unpaired) electrons. The van der Waals surface area contributed by atoms with E-state index in [2.05, 4.69) is 0 Å². The van der Waals surface area contributed by atoms with Crippen LogP contribution in [0.25, 0.3) is 0 Å². The van der Waals surface area contributed by atoms with Gasteiger partial charge in [0.15, 0.2) is 0 Å². The molecule has 0 aliphatic carbocycles. The zero-order valence-electron chi connectivity index (χ0n) is 11.2. The van der Waals surface area contributed by atoms with Crippen LogP contribution in [0.3, 0.4) is 0 Å². The molecule has 0 amide bonds. The van der Waals surface area contributed by atoms with Crippen LogP contribution in [-0.4, -0.2) is 28.1 Å². The Hall–Kier alpha value is -1.42. The van der Waals surface area contributed by atoms with Crippen LogP contribution in [0.1, 0.15) is 38.2 Å². The highest BCUT2D eigenvalue weighted by Crippen LogP contribution is 2.35. The molecule has 1 aliphatic rings. The fourth-order valence-corrected chi connectivity index (χ4v) is 3.07. The van der Waals surface area contributed by atoms with Crippen LogP contribution in [0.4, 0.5) is 4.39 Å². The molecule has 0 spiro atoms. The molecule has 1 atom stereocenters. The second-order valence-corrected chi connectivity index (χ2v) is 5.24. The van der Waals surface area contributed by atoms with Crippen molar-refractivity contribution in [1.29, 1.82) is 0 Å². The van der Waals surface area contributed by atoms with Crippen molar-refractivity contribution in [3.63, 3.8) is 0 Å². The van der Waals surface area contributed by atoms with Crippen LogP contribution >= 0.6 is 0 Å². The summed E-state index contributed by atoms with van der Waals surface area (Å²) in [6.07, 6.45) is 3.07. The van der Waals surface area contributed by atoms with Crippen molar-refractivity contribution in [3.8, 4) is 0 Å². The third-order valence-electron chi connectivity index (χ3n) is 3.95. The predicted octanol–water partition coefficient (Wildman–Crippen LogP) is 3.05. The first kappa shape index (κ1) is 14.0. The molecule has 0 bridgehead atoms. The molecule has 2 rings (SSSR count). The highest BCUT2D eigenvalue weighted by atomic mass is 19.1. The van der Waals surface area contributed by atoms with Gasteiger partial charge in [0.05, 0.1) is 0 Å². The Morgan fingerprint density at radius 3 is 2.95 bits per heavy atom. The van der Waals surface area contributed by atoms with Crippen molar-refractivity contribution in [2.45, 2.75) is 44.7 Å². The highest BCUT2D eigenvalue weighted by Gasteiger charge is 2.46. The van der Waals surface area contributed by atoms with Crippen LogP contribution in [0.5, 0.6) is 0 Å². The maximum Gasteiger partial charge on any atom is 0.324 e. The standard InChI is InChI=1S/C15H20FNO2/c1-2-7-15(14(18)19)8-4-9-17(15)11-12-5-3-6-13(16)10-12/h3,5-6,10H,2,4,7-9,11H2,1H3,(H,18,19). The molecule has 104 valence electrons. The molecule has 4 heteroatoms. The monoisotopic (exact) mass is 265 g/mol. The van der Waals surface area contributed by atoms with E-state index in [0.717, 1.165) is 24.9 Å². The molecule has 1 aromatic carbocycles. The summed E-state index contributed by atoms with van der Waals surface area (Å²) >= 11 is 0. The van der Waals surface area contributed by atoms with Gasteiger partial charge in [0.2, 0.25) is 0 Å². The van der Waals surface area contributed by atoms with Gasteiger partial charge in [-0.15, -0.1) is 0 Å². The van der Waals surface area contributed by atoms with Crippen molar-refractivity contribution in [3.05, 3.63) is 35.6 Å². The first-order valence-corrected chi connectivity index (χ1v) is 6.81. The van der Waals surface area contributed by atoms with Gasteiger partial charge in [-0.3, -0.25) is 9.69 Å². The van der Waals surface area contributed by atoms with Crippen LogP contribution in [0.15, 0.2) is 24.3 Å². The molecule has 1 fully saturated rings. The van der Waals surface area contributed by atoms with Crippen molar-refractivity contribution >= 4 is 5.97 Å². The molecule has 1 unspecified atom stereocenters. The maximum absolute atomic E-state index is 13.2. The maximum atomic E-state index is 13.2. The first-order valence-electron chi connectivity index (χ1n) is 6.81. The summed E-state index contributed by atoms with van der Waals surface area (Å²) in [6.45, 7) is 3.27. The number of likely N-dealkylation sites (tertiary alicyclic amines) is 1. The highest BCUT2D eigenvalue weighted by molar-refractivity contribution is 5.79. The van der Waals surface area contributed by atoms with Gasteiger partial charge >= 0.3 is 5.97 Å². The average molecular weight is 265 g/mol. The zero-order chi connectivity index (χ0) is 13.9. The van der Waals surface area contributed by atoms with E-state index < -0.39 is 11.5 Å². The number of carbonyl (C=O) groups is 1. The summed E-state index contributed by atoms with van der Waals surface area (Å²) in [5.41, 5.74) is 0.0739. The Labute approximate surface area is 113 Å². The molecule has 3 nitrogen and oxygen atoms in total.